The first-order chi connectivity index (χ1) is 8.27. The van der Waals surface area contributed by atoms with Crippen molar-refractivity contribution in [1.82, 2.24) is 4.72 Å². The van der Waals surface area contributed by atoms with Crippen molar-refractivity contribution in [1.29, 1.82) is 0 Å². The Labute approximate surface area is 116 Å². The number of rotatable bonds is 6. The highest BCUT2D eigenvalue weighted by atomic mass is 79.9. The standard InChI is InChI=1S/C11H19BrN2O3S/c1-7(2)8(3)6-14-18(15,16)10-4-9(5-13)17-11(10)12/h4,7-8,14H,5-6,13H2,1-3H3. The highest BCUT2D eigenvalue weighted by Gasteiger charge is 2.23. The molecular weight excluding hydrogens is 320 g/mol. The lowest BCUT2D eigenvalue weighted by Crippen LogP contribution is -2.30. The van der Waals surface area contributed by atoms with Crippen molar-refractivity contribution in [2.24, 2.45) is 17.6 Å². The summed E-state index contributed by atoms with van der Waals surface area (Å²) in [5.41, 5.74) is 5.41. The molecule has 0 saturated carbocycles. The van der Waals surface area contributed by atoms with Crippen LogP contribution in [-0.4, -0.2) is 15.0 Å². The molecule has 0 radical (unpaired) electrons. The average Bonchev–Trinajstić information content (AvgIpc) is 2.68. The Morgan fingerprint density at radius 2 is 2.06 bits per heavy atom. The second-order valence-corrected chi connectivity index (χ2v) is 7.08. The van der Waals surface area contributed by atoms with Gasteiger partial charge in [0.2, 0.25) is 10.0 Å². The molecule has 3 N–H and O–H groups in total. The van der Waals surface area contributed by atoms with Gasteiger partial charge < -0.3 is 10.2 Å². The van der Waals surface area contributed by atoms with E-state index in [1.807, 2.05) is 6.92 Å². The maximum atomic E-state index is 12.1. The number of hydrogen-bond acceptors (Lipinski definition) is 4. The minimum Gasteiger partial charge on any atom is -0.452 e. The van der Waals surface area contributed by atoms with Gasteiger partial charge in [-0.3, -0.25) is 0 Å². The van der Waals surface area contributed by atoms with Crippen LogP contribution in [0.2, 0.25) is 0 Å². The molecule has 0 bridgehead atoms. The van der Waals surface area contributed by atoms with E-state index in [4.69, 9.17) is 10.2 Å². The molecule has 0 aromatic carbocycles. The van der Waals surface area contributed by atoms with Crippen molar-refractivity contribution in [3.63, 3.8) is 0 Å². The van der Waals surface area contributed by atoms with Crippen molar-refractivity contribution < 1.29 is 12.8 Å². The quantitative estimate of drug-likeness (QED) is 0.831. The van der Waals surface area contributed by atoms with Gasteiger partial charge in [0.05, 0.1) is 6.54 Å². The monoisotopic (exact) mass is 338 g/mol. The molecule has 5 nitrogen and oxygen atoms in total. The van der Waals surface area contributed by atoms with Crippen molar-refractivity contribution in [3.8, 4) is 0 Å². The van der Waals surface area contributed by atoms with Crippen LogP contribution in [-0.2, 0) is 16.6 Å². The number of hydrogen-bond donors (Lipinski definition) is 2. The molecule has 0 fully saturated rings. The molecule has 7 heteroatoms. The van der Waals surface area contributed by atoms with Gasteiger partial charge in [-0.15, -0.1) is 0 Å². The second kappa shape index (κ2) is 6.18. The maximum Gasteiger partial charge on any atom is 0.244 e. The van der Waals surface area contributed by atoms with Gasteiger partial charge in [0.25, 0.3) is 0 Å². The zero-order valence-electron chi connectivity index (χ0n) is 10.7. The molecule has 0 aliphatic rings. The fourth-order valence-corrected chi connectivity index (χ4v) is 3.38. The van der Waals surface area contributed by atoms with E-state index >= 15 is 0 Å². The van der Waals surface area contributed by atoms with Gasteiger partial charge in [-0.1, -0.05) is 20.8 Å². The summed E-state index contributed by atoms with van der Waals surface area (Å²) in [7, 11) is -3.55. The molecule has 0 spiro atoms. The van der Waals surface area contributed by atoms with E-state index in [-0.39, 0.29) is 22.0 Å². The normalized spacial score (nSPS) is 14.1. The van der Waals surface area contributed by atoms with Gasteiger partial charge in [0.1, 0.15) is 10.7 Å². The topological polar surface area (TPSA) is 85.3 Å². The summed E-state index contributed by atoms with van der Waals surface area (Å²) in [5.74, 6) is 1.11. The molecule has 0 amide bonds. The van der Waals surface area contributed by atoms with Gasteiger partial charge >= 0.3 is 0 Å². The predicted octanol–water partition coefficient (Wildman–Crippen LogP) is 2.07. The van der Waals surface area contributed by atoms with Crippen LogP contribution in [0.4, 0.5) is 0 Å². The molecule has 0 aliphatic heterocycles. The average molecular weight is 339 g/mol. The highest BCUT2D eigenvalue weighted by molar-refractivity contribution is 9.10. The zero-order chi connectivity index (χ0) is 13.9. The van der Waals surface area contributed by atoms with Crippen LogP contribution in [0.25, 0.3) is 0 Å². The molecule has 1 aromatic rings. The van der Waals surface area contributed by atoms with E-state index in [0.717, 1.165) is 0 Å². The predicted molar refractivity (Wildman–Crippen MR) is 73.5 cm³/mol. The summed E-state index contributed by atoms with van der Waals surface area (Å²) >= 11 is 3.09. The fraction of sp³-hybridized carbons (Fsp3) is 0.636. The summed E-state index contributed by atoms with van der Waals surface area (Å²) in [6.07, 6.45) is 0. The fourth-order valence-electron chi connectivity index (χ4n) is 1.24. The smallest absolute Gasteiger partial charge is 0.244 e. The van der Waals surface area contributed by atoms with E-state index < -0.39 is 10.0 Å². The molecule has 1 aromatic heterocycles. The molecule has 104 valence electrons. The number of sulfonamides is 1. The Morgan fingerprint density at radius 3 is 2.50 bits per heavy atom. The molecule has 18 heavy (non-hydrogen) atoms. The molecular formula is C11H19BrN2O3S. The lowest BCUT2D eigenvalue weighted by atomic mass is 9.99. The van der Waals surface area contributed by atoms with Crippen molar-refractivity contribution in [2.75, 3.05) is 6.54 Å². The summed E-state index contributed by atoms with van der Waals surface area (Å²) < 4.78 is 32.1. The third-order valence-corrected chi connectivity index (χ3v) is 5.21. The van der Waals surface area contributed by atoms with E-state index in [0.29, 0.717) is 18.2 Å². The Balaban J connectivity index is 2.83. The van der Waals surface area contributed by atoms with Crippen LogP contribution in [0, 0.1) is 11.8 Å². The van der Waals surface area contributed by atoms with Crippen molar-refractivity contribution >= 4 is 26.0 Å². The van der Waals surface area contributed by atoms with Gasteiger partial charge in [0, 0.05) is 12.6 Å². The first-order valence-electron chi connectivity index (χ1n) is 5.76. The minimum atomic E-state index is -3.55. The third kappa shape index (κ3) is 3.81. The SMILES string of the molecule is CC(C)C(C)CNS(=O)(=O)c1cc(CN)oc1Br. The zero-order valence-corrected chi connectivity index (χ0v) is 13.1. The Bertz CT molecular complexity index is 496. The van der Waals surface area contributed by atoms with E-state index in [1.165, 1.54) is 6.07 Å². The first-order valence-corrected chi connectivity index (χ1v) is 8.03. The summed E-state index contributed by atoms with van der Waals surface area (Å²) in [5, 5.41) is 0. The molecule has 1 atom stereocenters. The Hall–Kier alpha value is -0.370. The van der Waals surface area contributed by atoms with Crippen LogP contribution in [0.5, 0.6) is 0 Å². The maximum absolute atomic E-state index is 12.1. The van der Waals surface area contributed by atoms with E-state index in [1.54, 1.807) is 0 Å². The van der Waals surface area contributed by atoms with Crippen molar-refractivity contribution in [2.45, 2.75) is 32.2 Å². The number of furan rings is 1. The van der Waals surface area contributed by atoms with E-state index in [2.05, 4.69) is 34.5 Å². The van der Waals surface area contributed by atoms with Crippen LogP contribution >= 0.6 is 15.9 Å². The molecule has 1 unspecified atom stereocenters. The molecule has 1 heterocycles. The summed E-state index contributed by atoms with van der Waals surface area (Å²) in [6.45, 7) is 6.67. The number of nitrogens with one attached hydrogen (secondary N) is 1. The Kier molecular flexibility index (Phi) is 5.39. The third-order valence-electron chi connectivity index (χ3n) is 2.93. The lowest BCUT2D eigenvalue weighted by molar-refractivity contribution is 0.414. The highest BCUT2D eigenvalue weighted by Crippen LogP contribution is 2.26. The largest absolute Gasteiger partial charge is 0.452 e. The minimum absolute atomic E-state index is 0.0962. The van der Waals surface area contributed by atoms with Crippen LogP contribution in [0.15, 0.2) is 20.0 Å². The Morgan fingerprint density at radius 1 is 1.44 bits per heavy atom. The van der Waals surface area contributed by atoms with Gasteiger partial charge in [-0.05, 0) is 27.8 Å². The van der Waals surface area contributed by atoms with Crippen LogP contribution in [0.3, 0.4) is 0 Å². The van der Waals surface area contributed by atoms with Crippen molar-refractivity contribution in [3.05, 3.63) is 16.5 Å². The van der Waals surface area contributed by atoms with Gasteiger partial charge in [-0.25, -0.2) is 13.1 Å². The second-order valence-electron chi connectivity index (χ2n) is 4.63. The van der Waals surface area contributed by atoms with E-state index in [9.17, 15) is 8.42 Å². The van der Waals surface area contributed by atoms with Crippen LogP contribution < -0.4 is 10.5 Å². The summed E-state index contributed by atoms with van der Waals surface area (Å²) in [6, 6.07) is 1.44. The lowest BCUT2D eigenvalue weighted by Gasteiger charge is -2.15. The van der Waals surface area contributed by atoms with Gasteiger partial charge in [0.15, 0.2) is 4.67 Å². The first kappa shape index (κ1) is 15.7. The van der Waals surface area contributed by atoms with Gasteiger partial charge in [-0.2, -0.15) is 0 Å². The molecule has 0 aliphatic carbocycles. The number of nitrogens with two attached hydrogens (primary N) is 1. The number of halogens is 1. The summed E-state index contributed by atoms with van der Waals surface area (Å²) in [4.78, 5) is 0.0962. The molecule has 0 saturated heterocycles. The van der Waals surface area contributed by atoms with Crippen LogP contribution in [0.1, 0.15) is 26.5 Å². The molecule has 1 rings (SSSR count).